The Morgan fingerprint density at radius 2 is 2.11 bits per heavy atom. The molecule has 0 spiro atoms. The predicted molar refractivity (Wildman–Crippen MR) is 78.6 cm³/mol. The highest BCUT2D eigenvalue weighted by molar-refractivity contribution is 7.09. The van der Waals surface area contributed by atoms with Crippen LogP contribution in [-0.2, 0) is 11.3 Å². The normalized spacial score (nSPS) is 18.1. The van der Waals surface area contributed by atoms with Crippen molar-refractivity contribution in [2.24, 2.45) is 5.41 Å². The molecule has 108 valence electrons. The Kier molecular flexibility index (Phi) is 5.13. The third kappa shape index (κ3) is 4.12. The van der Waals surface area contributed by atoms with Crippen LogP contribution in [0.2, 0.25) is 0 Å². The van der Waals surface area contributed by atoms with E-state index in [0.29, 0.717) is 12.0 Å². The zero-order valence-corrected chi connectivity index (χ0v) is 12.9. The quantitative estimate of drug-likeness (QED) is 0.832. The van der Waals surface area contributed by atoms with Crippen LogP contribution in [0.15, 0.2) is 0 Å². The molecule has 0 saturated heterocycles. The number of aromatic nitrogens is 2. The number of methoxy groups -OCH3 is 1. The minimum Gasteiger partial charge on any atom is -0.377 e. The van der Waals surface area contributed by atoms with Crippen molar-refractivity contribution in [2.45, 2.75) is 32.3 Å². The van der Waals surface area contributed by atoms with Crippen LogP contribution in [0, 0.1) is 5.41 Å². The lowest BCUT2D eigenvalue weighted by Crippen LogP contribution is -2.37. The lowest BCUT2D eigenvalue weighted by molar-refractivity contribution is 0.179. The van der Waals surface area contributed by atoms with Gasteiger partial charge in [0, 0.05) is 37.1 Å². The van der Waals surface area contributed by atoms with Gasteiger partial charge in [0.15, 0.2) is 5.82 Å². The first-order valence-corrected chi connectivity index (χ1v) is 7.61. The maximum absolute atomic E-state index is 5.04. The number of nitrogens with zero attached hydrogens (tertiary/aromatic N) is 3. The summed E-state index contributed by atoms with van der Waals surface area (Å²) in [6.07, 6.45) is 5.31. The van der Waals surface area contributed by atoms with Crippen molar-refractivity contribution in [3.8, 4) is 0 Å². The molecule has 0 atom stereocenters. The van der Waals surface area contributed by atoms with Gasteiger partial charge < -0.3 is 15.0 Å². The highest BCUT2D eigenvalue weighted by atomic mass is 32.1. The van der Waals surface area contributed by atoms with E-state index in [1.54, 1.807) is 7.11 Å². The fraction of sp³-hybridized carbons (Fsp3) is 0.846. The molecule has 0 bridgehead atoms. The van der Waals surface area contributed by atoms with Crippen molar-refractivity contribution in [3.05, 3.63) is 5.82 Å². The van der Waals surface area contributed by atoms with Crippen LogP contribution in [0.25, 0.3) is 0 Å². The molecule has 5 nitrogen and oxygen atoms in total. The number of anilines is 1. The number of rotatable bonds is 7. The van der Waals surface area contributed by atoms with Gasteiger partial charge in [-0.1, -0.05) is 12.8 Å². The monoisotopic (exact) mass is 284 g/mol. The van der Waals surface area contributed by atoms with Gasteiger partial charge in [-0.3, -0.25) is 0 Å². The zero-order chi connectivity index (χ0) is 13.7. The minimum absolute atomic E-state index is 0.399. The molecule has 19 heavy (non-hydrogen) atoms. The van der Waals surface area contributed by atoms with Crippen LogP contribution in [0.1, 0.15) is 31.5 Å². The molecule has 1 fully saturated rings. The van der Waals surface area contributed by atoms with Crippen molar-refractivity contribution >= 4 is 16.7 Å². The van der Waals surface area contributed by atoms with Gasteiger partial charge in [-0.2, -0.15) is 4.37 Å². The van der Waals surface area contributed by atoms with Crippen LogP contribution in [0.3, 0.4) is 0 Å². The van der Waals surface area contributed by atoms with Crippen LogP contribution in [0.4, 0.5) is 5.13 Å². The number of ether oxygens (including phenoxy) is 1. The Hall–Kier alpha value is -0.720. The molecule has 0 aliphatic heterocycles. The Morgan fingerprint density at radius 1 is 1.37 bits per heavy atom. The zero-order valence-electron chi connectivity index (χ0n) is 12.1. The standard InChI is InChI=1S/C13H24N4OS/c1-17(2)10-13(6-4-5-7-13)9-14-12-15-11(8-18-3)16-19-12/h4-10H2,1-3H3,(H,14,15,16). The molecule has 0 unspecified atom stereocenters. The SMILES string of the molecule is COCc1nsc(NCC2(CN(C)C)CCCC2)n1. The lowest BCUT2D eigenvalue weighted by atomic mass is 9.85. The van der Waals surface area contributed by atoms with E-state index >= 15 is 0 Å². The molecule has 1 aromatic heterocycles. The van der Waals surface area contributed by atoms with Crippen molar-refractivity contribution in [1.82, 2.24) is 14.3 Å². The third-order valence-electron chi connectivity index (χ3n) is 3.67. The molecule has 0 amide bonds. The summed E-state index contributed by atoms with van der Waals surface area (Å²) in [6.45, 7) is 2.62. The molecule has 0 aromatic carbocycles. The summed E-state index contributed by atoms with van der Waals surface area (Å²) >= 11 is 1.42. The summed E-state index contributed by atoms with van der Waals surface area (Å²) in [5.41, 5.74) is 0.399. The fourth-order valence-corrected chi connectivity index (χ4v) is 3.53. The summed E-state index contributed by atoms with van der Waals surface area (Å²) in [7, 11) is 5.97. The largest absolute Gasteiger partial charge is 0.377 e. The van der Waals surface area contributed by atoms with Crippen molar-refractivity contribution < 1.29 is 4.74 Å². The summed E-state index contributed by atoms with van der Waals surface area (Å²) in [5.74, 6) is 0.767. The van der Waals surface area contributed by atoms with E-state index in [0.717, 1.165) is 24.0 Å². The van der Waals surface area contributed by atoms with E-state index in [4.69, 9.17) is 4.74 Å². The second-order valence-electron chi connectivity index (χ2n) is 5.75. The molecule has 1 aromatic rings. The molecule has 2 rings (SSSR count). The number of hydrogen-bond donors (Lipinski definition) is 1. The highest BCUT2D eigenvalue weighted by Gasteiger charge is 2.34. The Morgan fingerprint density at radius 3 is 2.74 bits per heavy atom. The van der Waals surface area contributed by atoms with Crippen molar-refractivity contribution in [2.75, 3.05) is 39.6 Å². The van der Waals surface area contributed by atoms with Crippen LogP contribution < -0.4 is 5.32 Å². The molecule has 0 radical (unpaired) electrons. The van der Waals surface area contributed by atoms with E-state index in [2.05, 4.69) is 33.7 Å². The van der Waals surface area contributed by atoms with Gasteiger partial charge in [-0.15, -0.1) is 0 Å². The molecule has 1 aliphatic rings. The Bertz CT molecular complexity index is 388. The average Bonchev–Trinajstić information content (AvgIpc) is 2.97. The van der Waals surface area contributed by atoms with Crippen molar-refractivity contribution in [3.63, 3.8) is 0 Å². The van der Waals surface area contributed by atoms with E-state index in [1.165, 1.54) is 37.2 Å². The summed E-state index contributed by atoms with van der Waals surface area (Å²) in [5, 5.41) is 4.39. The van der Waals surface area contributed by atoms with Crippen LogP contribution in [-0.4, -0.2) is 48.6 Å². The molecule has 1 saturated carbocycles. The van der Waals surface area contributed by atoms with E-state index in [-0.39, 0.29) is 0 Å². The van der Waals surface area contributed by atoms with E-state index in [1.807, 2.05) is 0 Å². The predicted octanol–water partition coefficient (Wildman–Crippen LogP) is 2.22. The lowest BCUT2D eigenvalue weighted by Gasteiger charge is -2.32. The van der Waals surface area contributed by atoms with Gasteiger partial charge in [0.1, 0.15) is 6.61 Å². The Labute approximate surface area is 119 Å². The van der Waals surface area contributed by atoms with Gasteiger partial charge in [0.25, 0.3) is 0 Å². The topological polar surface area (TPSA) is 50.3 Å². The molecule has 1 aliphatic carbocycles. The molecular weight excluding hydrogens is 260 g/mol. The third-order valence-corrected chi connectivity index (χ3v) is 4.38. The molecule has 1 N–H and O–H groups in total. The van der Waals surface area contributed by atoms with Gasteiger partial charge in [-0.05, 0) is 26.9 Å². The fourth-order valence-electron chi connectivity index (χ4n) is 2.96. The summed E-state index contributed by atoms with van der Waals surface area (Å²) in [6, 6.07) is 0. The molecule has 6 heteroatoms. The maximum atomic E-state index is 5.04. The highest BCUT2D eigenvalue weighted by Crippen LogP contribution is 2.38. The second kappa shape index (κ2) is 6.63. The average molecular weight is 284 g/mol. The van der Waals surface area contributed by atoms with Crippen molar-refractivity contribution in [1.29, 1.82) is 0 Å². The minimum atomic E-state index is 0.399. The second-order valence-corrected chi connectivity index (χ2v) is 6.50. The van der Waals surface area contributed by atoms with E-state index < -0.39 is 0 Å². The van der Waals surface area contributed by atoms with Gasteiger partial charge >= 0.3 is 0 Å². The first-order chi connectivity index (χ1) is 9.13. The smallest absolute Gasteiger partial charge is 0.202 e. The first kappa shape index (κ1) is 14.7. The van der Waals surface area contributed by atoms with Gasteiger partial charge in [-0.25, -0.2) is 4.98 Å². The number of hydrogen-bond acceptors (Lipinski definition) is 6. The Balaban J connectivity index is 1.90. The maximum Gasteiger partial charge on any atom is 0.202 e. The van der Waals surface area contributed by atoms with E-state index in [9.17, 15) is 0 Å². The molecule has 1 heterocycles. The van der Waals surface area contributed by atoms with Gasteiger partial charge in [0.2, 0.25) is 5.13 Å². The van der Waals surface area contributed by atoms with Gasteiger partial charge in [0.05, 0.1) is 0 Å². The molecular formula is C13H24N4OS. The van der Waals surface area contributed by atoms with Crippen LogP contribution in [0.5, 0.6) is 0 Å². The summed E-state index contributed by atoms with van der Waals surface area (Å²) < 4.78 is 9.31. The number of nitrogens with one attached hydrogen (secondary N) is 1. The first-order valence-electron chi connectivity index (χ1n) is 6.84. The van der Waals surface area contributed by atoms with Crippen LogP contribution >= 0.6 is 11.5 Å². The summed E-state index contributed by atoms with van der Waals surface area (Å²) in [4.78, 5) is 6.72.